The second-order valence-electron chi connectivity index (χ2n) is 5.80. The second kappa shape index (κ2) is 5.71. The highest BCUT2D eigenvalue weighted by Crippen LogP contribution is 2.27. The number of aromatic nitrogens is 4. The molecular weight excluding hydrogens is 250 g/mol. The molecular formula is C15H21N5. The van der Waals surface area contributed by atoms with Gasteiger partial charge in [-0.05, 0) is 35.4 Å². The van der Waals surface area contributed by atoms with Crippen molar-refractivity contribution in [3.63, 3.8) is 0 Å². The third kappa shape index (κ3) is 2.88. The third-order valence-corrected chi connectivity index (χ3v) is 4.14. The molecule has 1 aromatic carbocycles. The molecule has 1 aliphatic rings. The minimum absolute atomic E-state index is 0.155. The Kier molecular flexibility index (Phi) is 3.78. The highest BCUT2D eigenvalue weighted by atomic mass is 15.5. The van der Waals surface area contributed by atoms with E-state index in [0.717, 1.165) is 30.8 Å². The summed E-state index contributed by atoms with van der Waals surface area (Å²) in [5.41, 5.74) is 7.42. The molecule has 0 radical (unpaired) electrons. The Balaban J connectivity index is 1.83. The quantitative estimate of drug-likeness (QED) is 0.869. The number of benzene rings is 1. The van der Waals surface area contributed by atoms with Crippen LogP contribution in [0.1, 0.15) is 44.3 Å². The van der Waals surface area contributed by atoms with Gasteiger partial charge in [0.05, 0.1) is 5.69 Å². The third-order valence-electron chi connectivity index (χ3n) is 4.14. The van der Waals surface area contributed by atoms with Crippen molar-refractivity contribution in [3.8, 4) is 5.69 Å². The number of hydrogen-bond acceptors (Lipinski definition) is 4. The maximum Gasteiger partial charge on any atom is 0.158 e. The second-order valence-corrected chi connectivity index (χ2v) is 5.80. The smallest absolute Gasteiger partial charge is 0.158 e. The Hall–Kier alpha value is -1.75. The fourth-order valence-electron chi connectivity index (χ4n) is 3.01. The first kappa shape index (κ1) is 13.2. The lowest BCUT2D eigenvalue weighted by Crippen LogP contribution is -2.42. The number of nitrogens with two attached hydrogens (primary N) is 1. The van der Waals surface area contributed by atoms with E-state index >= 15 is 0 Å². The van der Waals surface area contributed by atoms with Crippen LogP contribution in [0.4, 0.5) is 0 Å². The van der Waals surface area contributed by atoms with Crippen LogP contribution in [0.5, 0.6) is 0 Å². The lowest BCUT2D eigenvalue weighted by Gasteiger charge is -2.27. The average Bonchev–Trinajstić information content (AvgIpc) is 2.80. The van der Waals surface area contributed by atoms with Crippen LogP contribution in [-0.4, -0.2) is 25.7 Å². The molecule has 0 aliphatic heterocycles. The Morgan fingerprint density at radius 2 is 1.75 bits per heavy atom. The van der Waals surface area contributed by atoms with Gasteiger partial charge in [-0.1, -0.05) is 43.9 Å². The van der Waals surface area contributed by atoms with Crippen LogP contribution >= 0.6 is 0 Å². The molecule has 106 valence electrons. The molecule has 1 saturated carbocycles. The monoisotopic (exact) mass is 271 g/mol. The molecule has 2 N–H and O–H groups in total. The summed E-state index contributed by atoms with van der Waals surface area (Å²) in [6.45, 7) is 0. The van der Waals surface area contributed by atoms with Gasteiger partial charge in [-0.25, -0.2) is 0 Å². The highest BCUT2D eigenvalue weighted by Gasteiger charge is 2.29. The average molecular weight is 271 g/mol. The van der Waals surface area contributed by atoms with Crippen LogP contribution in [0.2, 0.25) is 0 Å². The van der Waals surface area contributed by atoms with Crippen LogP contribution in [0, 0.1) is 0 Å². The predicted octanol–water partition coefficient (Wildman–Crippen LogP) is 2.26. The van der Waals surface area contributed by atoms with Crippen molar-refractivity contribution in [1.82, 2.24) is 20.2 Å². The standard InChI is InChI=1S/C15H21N5/c16-15(10-6-1-2-7-11-15)12-14-17-18-19-20(14)13-8-4-3-5-9-13/h3-5,8-9H,1-2,6-7,10-12,16H2. The minimum atomic E-state index is -0.155. The van der Waals surface area contributed by atoms with Crippen molar-refractivity contribution < 1.29 is 0 Å². The van der Waals surface area contributed by atoms with Gasteiger partial charge in [0.25, 0.3) is 0 Å². The van der Waals surface area contributed by atoms with Gasteiger partial charge in [-0.2, -0.15) is 4.68 Å². The first-order chi connectivity index (χ1) is 9.77. The molecule has 5 heteroatoms. The molecule has 0 bridgehead atoms. The van der Waals surface area contributed by atoms with Crippen molar-refractivity contribution in [3.05, 3.63) is 36.2 Å². The Bertz CT molecular complexity index is 540. The van der Waals surface area contributed by atoms with Crippen molar-refractivity contribution in [1.29, 1.82) is 0 Å². The van der Waals surface area contributed by atoms with Gasteiger partial charge in [0, 0.05) is 12.0 Å². The first-order valence-corrected chi connectivity index (χ1v) is 7.38. The number of tetrazole rings is 1. The number of para-hydroxylation sites is 1. The molecule has 0 amide bonds. The highest BCUT2D eigenvalue weighted by molar-refractivity contribution is 5.30. The first-order valence-electron chi connectivity index (χ1n) is 7.38. The summed E-state index contributed by atoms with van der Waals surface area (Å²) in [4.78, 5) is 0. The Labute approximate surface area is 119 Å². The molecule has 1 aromatic heterocycles. The maximum absolute atomic E-state index is 6.59. The number of hydrogen-bond donors (Lipinski definition) is 1. The minimum Gasteiger partial charge on any atom is -0.325 e. The van der Waals surface area contributed by atoms with Crippen LogP contribution in [0.15, 0.2) is 30.3 Å². The fraction of sp³-hybridized carbons (Fsp3) is 0.533. The molecule has 1 heterocycles. The van der Waals surface area contributed by atoms with Crippen LogP contribution in [0.3, 0.4) is 0 Å². The van der Waals surface area contributed by atoms with E-state index in [1.54, 1.807) is 4.68 Å². The summed E-state index contributed by atoms with van der Waals surface area (Å²) >= 11 is 0. The zero-order valence-corrected chi connectivity index (χ0v) is 11.7. The van der Waals surface area contributed by atoms with E-state index in [4.69, 9.17) is 5.73 Å². The van der Waals surface area contributed by atoms with Gasteiger partial charge < -0.3 is 5.73 Å². The summed E-state index contributed by atoms with van der Waals surface area (Å²) in [6.07, 6.45) is 7.89. The lowest BCUT2D eigenvalue weighted by molar-refractivity contribution is 0.359. The molecule has 5 nitrogen and oxygen atoms in total. The van der Waals surface area contributed by atoms with Crippen LogP contribution in [-0.2, 0) is 6.42 Å². The van der Waals surface area contributed by atoms with E-state index in [1.165, 1.54) is 25.7 Å². The molecule has 20 heavy (non-hydrogen) atoms. The van der Waals surface area contributed by atoms with E-state index in [0.29, 0.717) is 0 Å². The summed E-state index contributed by atoms with van der Waals surface area (Å²) in [7, 11) is 0. The van der Waals surface area contributed by atoms with Crippen molar-refractivity contribution >= 4 is 0 Å². The molecule has 0 spiro atoms. The van der Waals surface area contributed by atoms with Gasteiger partial charge in [0.1, 0.15) is 0 Å². The van der Waals surface area contributed by atoms with Crippen molar-refractivity contribution in [2.75, 3.05) is 0 Å². The zero-order chi connectivity index (χ0) is 13.8. The summed E-state index contributed by atoms with van der Waals surface area (Å²) in [5.74, 6) is 0.862. The SMILES string of the molecule is NC1(Cc2nnnn2-c2ccccc2)CCCCCC1. The predicted molar refractivity (Wildman–Crippen MR) is 77.5 cm³/mol. The van der Waals surface area contributed by atoms with Gasteiger partial charge in [0.15, 0.2) is 5.82 Å². The topological polar surface area (TPSA) is 69.6 Å². The van der Waals surface area contributed by atoms with E-state index in [9.17, 15) is 0 Å². The lowest BCUT2D eigenvalue weighted by atomic mass is 9.87. The zero-order valence-electron chi connectivity index (χ0n) is 11.7. The largest absolute Gasteiger partial charge is 0.325 e. The van der Waals surface area contributed by atoms with Gasteiger partial charge in [-0.15, -0.1) is 5.10 Å². The molecule has 1 aliphatic carbocycles. The van der Waals surface area contributed by atoms with E-state index in [-0.39, 0.29) is 5.54 Å². The number of rotatable bonds is 3. The summed E-state index contributed by atoms with van der Waals surface area (Å²) in [5, 5.41) is 12.1. The van der Waals surface area contributed by atoms with Crippen LogP contribution < -0.4 is 5.73 Å². The van der Waals surface area contributed by atoms with Crippen LogP contribution in [0.25, 0.3) is 5.69 Å². The molecule has 0 saturated heterocycles. The molecule has 1 fully saturated rings. The Morgan fingerprint density at radius 3 is 2.45 bits per heavy atom. The normalized spacial score (nSPS) is 18.6. The van der Waals surface area contributed by atoms with Gasteiger partial charge in [0.2, 0.25) is 0 Å². The molecule has 2 aromatic rings. The number of nitrogens with zero attached hydrogens (tertiary/aromatic N) is 4. The molecule has 0 atom stereocenters. The van der Waals surface area contributed by atoms with Gasteiger partial charge in [-0.3, -0.25) is 0 Å². The molecule has 0 unspecified atom stereocenters. The van der Waals surface area contributed by atoms with E-state index in [1.807, 2.05) is 30.3 Å². The fourth-order valence-corrected chi connectivity index (χ4v) is 3.01. The van der Waals surface area contributed by atoms with Crippen molar-refractivity contribution in [2.24, 2.45) is 5.73 Å². The Morgan fingerprint density at radius 1 is 1.05 bits per heavy atom. The van der Waals surface area contributed by atoms with E-state index in [2.05, 4.69) is 15.5 Å². The van der Waals surface area contributed by atoms with Crippen molar-refractivity contribution in [2.45, 2.75) is 50.5 Å². The van der Waals surface area contributed by atoms with Gasteiger partial charge >= 0.3 is 0 Å². The van der Waals surface area contributed by atoms with E-state index < -0.39 is 0 Å². The molecule has 3 rings (SSSR count). The summed E-state index contributed by atoms with van der Waals surface area (Å²) < 4.78 is 1.81. The summed E-state index contributed by atoms with van der Waals surface area (Å²) in [6, 6.07) is 9.99. The maximum atomic E-state index is 6.59.